The van der Waals surface area contributed by atoms with Crippen molar-refractivity contribution < 1.29 is 9.53 Å². The number of nitrogens with zero attached hydrogens (tertiary/aromatic N) is 1. The maximum atomic E-state index is 12.9. The second-order valence-electron chi connectivity index (χ2n) is 6.94. The van der Waals surface area contributed by atoms with E-state index in [0.717, 1.165) is 37.9 Å². The summed E-state index contributed by atoms with van der Waals surface area (Å²) in [5.41, 5.74) is 7.17. The van der Waals surface area contributed by atoms with Crippen molar-refractivity contribution in [3.63, 3.8) is 0 Å². The van der Waals surface area contributed by atoms with Crippen LogP contribution in [0.1, 0.15) is 37.9 Å². The Balaban J connectivity index is 1.67. The Bertz CT molecular complexity index is 509. The van der Waals surface area contributed by atoms with Crippen molar-refractivity contribution in [2.45, 2.75) is 32.3 Å². The van der Waals surface area contributed by atoms with Gasteiger partial charge in [-0.2, -0.15) is 0 Å². The number of piperidine rings is 1. The van der Waals surface area contributed by atoms with Crippen LogP contribution in [-0.2, 0) is 9.53 Å². The summed E-state index contributed by atoms with van der Waals surface area (Å²) >= 11 is 0. The summed E-state index contributed by atoms with van der Waals surface area (Å²) in [4.78, 5) is 14.9. The van der Waals surface area contributed by atoms with E-state index >= 15 is 0 Å². The zero-order valence-corrected chi connectivity index (χ0v) is 13.3. The number of rotatable bonds is 3. The average Bonchev–Trinajstić information content (AvgIpc) is 3.05. The SMILES string of the molecule is CC1(CN)CCN(C(=O)[C@@H]2CCO[C@H]2c2ccccc2)CC1. The Morgan fingerprint density at radius 3 is 2.64 bits per heavy atom. The van der Waals surface area contributed by atoms with Gasteiger partial charge >= 0.3 is 0 Å². The van der Waals surface area contributed by atoms with Crippen molar-refractivity contribution in [2.75, 3.05) is 26.2 Å². The number of carbonyl (C=O) groups is 1. The monoisotopic (exact) mass is 302 g/mol. The Morgan fingerprint density at radius 2 is 2.00 bits per heavy atom. The van der Waals surface area contributed by atoms with Crippen LogP contribution in [0.15, 0.2) is 30.3 Å². The molecule has 2 saturated heterocycles. The first-order valence-electron chi connectivity index (χ1n) is 8.28. The summed E-state index contributed by atoms with van der Waals surface area (Å²) in [6.07, 6.45) is 2.73. The molecule has 2 fully saturated rings. The highest BCUT2D eigenvalue weighted by Crippen LogP contribution is 2.37. The Hall–Kier alpha value is -1.39. The minimum Gasteiger partial charge on any atom is -0.373 e. The standard InChI is InChI=1S/C18H26N2O2/c1-18(13-19)8-10-20(11-9-18)17(21)15-7-12-22-16(15)14-5-3-2-4-6-14/h2-6,15-16H,7-13,19H2,1H3/t15-,16+/m1/s1. The van der Waals surface area contributed by atoms with Crippen molar-refractivity contribution in [1.29, 1.82) is 0 Å². The van der Waals surface area contributed by atoms with Gasteiger partial charge in [-0.1, -0.05) is 37.3 Å². The summed E-state index contributed by atoms with van der Waals surface area (Å²) in [6, 6.07) is 10.1. The molecule has 2 aliphatic rings. The largest absolute Gasteiger partial charge is 0.373 e. The van der Waals surface area contributed by atoms with E-state index in [9.17, 15) is 4.79 Å². The third-order valence-electron chi connectivity index (χ3n) is 5.31. The van der Waals surface area contributed by atoms with Crippen LogP contribution in [0.5, 0.6) is 0 Å². The second kappa shape index (κ2) is 6.39. The highest BCUT2D eigenvalue weighted by Gasteiger charge is 2.39. The molecule has 0 unspecified atom stereocenters. The quantitative estimate of drug-likeness (QED) is 0.932. The van der Waals surface area contributed by atoms with Crippen molar-refractivity contribution in [3.8, 4) is 0 Å². The zero-order chi connectivity index (χ0) is 15.6. The maximum Gasteiger partial charge on any atom is 0.228 e. The molecule has 120 valence electrons. The molecule has 0 radical (unpaired) electrons. The molecule has 0 aliphatic carbocycles. The first-order chi connectivity index (χ1) is 10.6. The molecule has 0 bridgehead atoms. The van der Waals surface area contributed by atoms with Gasteiger partial charge in [-0.3, -0.25) is 4.79 Å². The molecule has 22 heavy (non-hydrogen) atoms. The molecular formula is C18H26N2O2. The van der Waals surface area contributed by atoms with Crippen LogP contribution < -0.4 is 5.73 Å². The topological polar surface area (TPSA) is 55.6 Å². The van der Waals surface area contributed by atoms with E-state index in [0.29, 0.717) is 13.2 Å². The molecule has 2 heterocycles. The first-order valence-corrected chi connectivity index (χ1v) is 8.28. The maximum absolute atomic E-state index is 12.9. The van der Waals surface area contributed by atoms with Gasteiger partial charge in [0, 0.05) is 19.7 Å². The molecule has 2 atom stereocenters. The van der Waals surface area contributed by atoms with E-state index in [1.807, 2.05) is 23.1 Å². The minimum atomic E-state index is -0.0866. The van der Waals surface area contributed by atoms with E-state index in [1.165, 1.54) is 0 Å². The lowest BCUT2D eigenvalue weighted by atomic mass is 9.80. The van der Waals surface area contributed by atoms with Crippen molar-refractivity contribution >= 4 is 5.91 Å². The number of ether oxygens (including phenoxy) is 1. The summed E-state index contributed by atoms with van der Waals surface area (Å²) < 4.78 is 5.86. The predicted octanol–water partition coefficient (Wildman–Crippen LogP) is 2.35. The van der Waals surface area contributed by atoms with E-state index in [2.05, 4.69) is 19.1 Å². The number of benzene rings is 1. The molecule has 4 heteroatoms. The number of nitrogens with two attached hydrogens (primary N) is 1. The average molecular weight is 302 g/mol. The smallest absolute Gasteiger partial charge is 0.228 e. The van der Waals surface area contributed by atoms with Crippen molar-refractivity contribution in [1.82, 2.24) is 4.90 Å². The number of hydrogen-bond donors (Lipinski definition) is 1. The second-order valence-corrected chi connectivity index (χ2v) is 6.94. The Kier molecular flexibility index (Phi) is 4.50. The fraction of sp³-hybridized carbons (Fsp3) is 0.611. The first kappa shape index (κ1) is 15.5. The fourth-order valence-electron chi connectivity index (χ4n) is 3.52. The van der Waals surface area contributed by atoms with Gasteiger partial charge in [0.15, 0.2) is 0 Å². The number of hydrogen-bond acceptors (Lipinski definition) is 3. The molecule has 1 amide bonds. The van der Waals surface area contributed by atoms with Gasteiger partial charge in [-0.25, -0.2) is 0 Å². The van der Waals surface area contributed by atoms with Gasteiger partial charge in [-0.15, -0.1) is 0 Å². The van der Waals surface area contributed by atoms with E-state index in [4.69, 9.17) is 10.5 Å². The molecule has 0 aromatic heterocycles. The van der Waals surface area contributed by atoms with E-state index in [-0.39, 0.29) is 23.3 Å². The normalized spacial score (nSPS) is 27.8. The van der Waals surface area contributed by atoms with Crippen LogP contribution >= 0.6 is 0 Å². The Labute approximate surface area is 132 Å². The van der Waals surface area contributed by atoms with Crippen LogP contribution in [0.3, 0.4) is 0 Å². The van der Waals surface area contributed by atoms with E-state index < -0.39 is 0 Å². The lowest BCUT2D eigenvalue weighted by molar-refractivity contribution is -0.139. The predicted molar refractivity (Wildman–Crippen MR) is 86.2 cm³/mol. The molecule has 2 N–H and O–H groups in total. The molecule has 3 rings (SSSR count). The minimum absolute atomic E-state index is 0.0374. The van der Waals surface area contributed by atoms with Crippen LogP contribution in [0.4, 0.5) is 0 Å². The van der Waals surface area contributed by atoms with Gasteiger partial charge in [0.25, 0.3) is 0 Å². The molecule has 1 aromatic carbocycles. The van der Waals surface area contributed by atoms with E-state index in [1.54, 1.807) is 0 Å². The van der Waals surface area contributed by atoms with Crippen LogP contribution in [0, 0.1) is 11.3 Å². The molecular weight excluding hydrogens is 276 g/mol. The molecule has 0 spiro atoms. The fourth-order valence-corrected chi connectivity index (χ4v) is 3.52. The van der Waals surface area contributed by atoms with Crippen LogP contribution in [-0.4, -0.2) is 37.0 Å². The van der Waals surface area contributed by atoms with Crippen molar-refractivity contribution in [2.24, 2.45) is 17.1 Å². The van der Waals surface area contributed by atoms with Gasteiger partial charge in [0.1, 0.15) is 0 Å². The van der Waals surface area contributed by atoms with Gasteiger partial charge in [0.2, 0.25) is 5.91 Å². The van der Waals surface area contributed by atoms with Crippen LogP contribution in [0.25, 0.3) is 0 Å². The summed E-state index contributed by atoms with van der Waals surface area (Å²) in [5.74, 6) is 0.218. The van der Waals surface area contributed by atoms with Gasteiger partial charge in [-0.05, 0) is 36.8 Å². The molecule has 4 nitrogen and oxygen atoms in total. The highest BCUT2D eigenvalue weighted by atomic mass is 16.5. The highest BCUT2D eigenvalue weighted by molar-refractivity contribution is 5.80. The third-order valence-corrected chi connectivity index (χ3v) is 5.31. The number of carbonyl (C=O) groups excluding carboxylic acids is 1. The molecule has 1 aromatic rings. The number of amides is 1. The lowest BCUT2D eigenvalue weighted by Crippen LogP contribution is -2.47. The van der Waals surface area contributed by atoms with Gasteiger partial charge < -0.3 is 15.4 Å². The zero-order valence-electron chi connectivity index (χ0n) is 13.3. The van der Waals surface area contributed by atoms with Crippen LogP contribution in [0.2, 0.25) is 0 Å². The number of likely N-dealkylation sites (tertiary alicyclic amines) is 1. The lowest BCUT2D eigenvalue weighted by Gasteiger charge is -2.40. The molecule has 0 saturated carbocycles. The Morgan fingerprint density at radius 1 is 1.32 bits per heavy atom. The third kappa shape index (κ3) is 3.03. The summed E-state index contributed by atoms with van der Waals surface area (Å²) in [7, 11) is 0. The van der Waals surface area contributed by atoms with Gasteiger partial charge in [0.05, 0.1) is 12.0 Å². The summed E-state index contributed by atoms with van der Waals surface area (Å²) in [5, 5.41) is 0. The molecule has 2 aliphatic heterocycles. The summed E-state index contributed by atoms with van der Waals surface area (Å²) in [6.45, 7) is 5.24. The van der Waals surface area contributed by atoms with Crippen molar-refractivity contribution in [3.05, 3.63) is 35.9 Å².